The van der Waals surface area contributed by atoms with Crippen LogP contribution in [0.1, 0.15) is 27.2 Å². The smallest absolute Gasteiger partial charge is 0.308 e. The summed E-state index contributed by atoms with van der Waals surface area (Å²) in [6.45, 7) is 0. The second kappa shape index (κ2) is 8.31. The van der Waals surface area contributed by atoms with Crippen LogP contribution < -0.4 is 5.32 Å². The van der Waals surface area contributed by atoms with Gasteiger partial charge in [0.1, 0.15) is 16.9 Å². The molecule has 158 valence electrons. The molecule has 4 aromatic rings. The molecule has 0 atom stereocenters. The predicted molar refractivity (Wildman–Crippen MR) is 109 cm³/mol. The molecule has 0 saturated heterocycles. The minimum absolute atomic E-state index is 0.0212. The van der Waals surface area contributed by atoms with Crippen molar-refractivity contribution in [2.75, 3.05) is 5.32 Å². The van der Waals surface area contributed by atoms with E-state index in [4.69, 9.17) is 0 Å². The summed E-state index contributed by atoms with van der Waals surface area (Å²) < 4.78 is 39.8. The van der Waals surface area contributed by atoms with Crippen LogP contribution in [-0.2, 0) is 23.8 Å². The lowest BCUT2D eigenvalue weighted by Gasteiger charge is -2.05. The Morgan fingerprint density at radius 1 is 1.06 bits per heavy atom. The number of amides is 1. The van der Waals surface area contributed by atoms with Crippen LogP contribution in [0.4, 0.5) is 19.0 Å². The molecule has 0 unspecified atom stereocenters. The molecule has 1 aromatic carbocycles. The number of imidazole rings is 1. The topological polar surface area (TPSA) is 76.4 Å². The van der Waals surface area contributed by atoms with Crippen molar-refractivity contribution in [3.63, 3.8) is 0 Å². The van der Waals surface area contributed by atoms with Gasteiger partial charge in [-0.2, -0.15) is 13.2 Å². The molecule has 0 spiro atoms. The molecule has 0 aliphatic carbocycles. The van der Waals surface area contributed by atoms with Gasteiger partial charge in [0, 0.05) is 29.8 Å². The molecular formula is C21H15F3N4O2S. The van der Waals surface area contributed by atoms with Crippen LogP contribution in [0.5, 0.6) is 0 Å². The van der Waals surface area contributed by atoms with Crippen LogP contribution >= 0.6 is 11.3 Å². The van der Waals surface area contributed by atoms with E-state index in [0.717, 1.165) is 33.0 Å². The van der Waals surface area contributed by atoms with Gasteiger partial charge in [0.05, 0.1) is 6.42 Å². The summed E-state index contributed by atoms with van der Waals surface area (Å²) in [4.78, 5) is 32.6. The quantitative estimate of drug-likeness (QED) is 0.447. The van der Waals surface area contributed by atoms with Gasteiger partial charge in [-0.05, 0) is 23.3 Å². The zero-order chi connectivity index (χ0) is 22.0. The van der Waals surface area contributed by atoms with Gasteiger partial charge in [-0.3, -0.25) is 19.0 Å². The number of hydrogen-bond donors (Lipinski definition) is 1. The van der Waals surface area contributed by atoms with E-state index in [0.29, 0.717) is 11.1 Å². The zero-order valence-corrected chi connectivity index (χ0v) is 16.7. The Bertz CT molecular complexity index is 1230. The number of pyridine rings is 1. The fourth-order valence-electron chi connectivity index (χ4n) is 3.03. The van der Waals surface area contributed by atoms with E-state index >= 15 is 0 Å². The molecule has 0 aliphatic rings. The number of nitrogens with one attached hydrogen (secondary N) is 1. The number of anilines is 1. The first kappa shape index (κ1) is 20.7. The normalized spacial score (nSPS) is 11.6. The number of alkyl halides is 3. The molecule has 1 N–H and O–H groups in total. The number of Topliss-reactive ketones (excluding diaryl/α,β-unsaturated/α-hetero) is 1. The molecule has 0 bridgehead atoms. The lowest BCUT2D eigenvalue weighted by molar-refractivity contribution is -0.141. The average Bonchev–Trinajstić information content (AvgIpc) is 3.33. The van der Waals surface area contributed by atoms with Gasteiger partial charge >= 0.3 is 6.18 Å². The predicted octanol–water partition coefficient (Wildman–Crippen LogP) is 4.42. The molecule has 0 fully saturated rings. The van der Waals surface area contributed by atoms with Crippen molar-refractivity contribution in [2.45, 2.75) is 19.0 Å². The number of nitrogens with zero attached hydrogens (tertiary/aromatic N) is 3. The van der Waals surface area contributed by atoms with Gasteiger partial charge in [-0.15, -0.1) is 11.3 Å². The summed E-state index contributed by atoms with van der Waals surface area (Å²) in [7, 11) is 0. The Morgan fingerprint density at radius 2 is 1.77 bits per heavy atom. The van der Waals surface area contributed by atoms with Gasteiger partial charge in [-0.1, -0.05) is 24.3 Å². The number of hydrogen-bond acceptors (Lipinski definition) is 5. The fraction of sp³-hybridized carbons (Fsp3) is 0.143. The molecular weight excluding hydrogens is 429 g/mol. The van der Waals surface area contributed by atoms with Gasteiger partial charge < -0.3 is 5.32 Å². The van der Waals surface area contributed by atoms with E-state index in [-0.39, 0.29) is 29.3 Å². The molecule has 6 nitrogen and oxygen atoms in total. The molecule has 10 heteroatoms. The lowest BCUT2D eigenvalue weighted by Crippen LogP contribution is -2.14. The SMILES string of the molecule is O=C(Cc1ccc(CC(=O)c2cccnc2)cc1)Nc1ncn2c(C(F)(F)F)csc12. The van der Waals surface area contributed by atoms with Gasteiger partial charge in [-0.25, -0.2) is 4.98 Å². The number of thiazole rings is 1. The van der Waals surface area contributed by atoms with Crippen LogP contribution in [0, 0.1) is 0 Å². The average molecular weight is 444 g/mol. The third kappa shape index (κ3) is 4.64. The molecule has 3 heterocycles. The van der Waals surface area contributed by atoms with Crippen molar-refractivity contribution in [3.8, 4) is 0 Å². The summed E-state index contributed by atoms with van der Waals surface area (Å²) in [5, 5.41) is 3.54. The van der Waals surface area contributed by atoms with E-state index in [1.54, 1.807) is 42.6 Å². The van der Waals surface area contributed by atoms with Gasteiger partial charge in [0.25, 0.3) is 0 Å². The number of carbonyl (C=O) groups is 2. The third-order valence-electron chi connectivity index (χ3n) is 4.55. The monoisotopic (exact) mass is 444 g/mol. The third-order valence-corrected chi connectivity index (χ3v) is 5.50. The van der Waals surface area contributed by atoms with Crippen molar-refractivity contribution in [3.05, 3.63) is 82.9 Å². The highest BCUT2D eigenvalue weighted by Gasteiger charge is 2.35. The highest BCUT2D eigenvalue weighted by atomic mass is 32.1. The number of carbonyl (C=O) groups excluding carboxylic acids is 2. The molecule has 1 amide bonds. The minimum atomic E-state index is -4.50. The molecule has 31 heavy (non-hydrogen) atoms. The Hall–Kier alpha value is -3.53. The summed E-state index contributed by atoms with van der Waals surface area (Å²) >= 11 is 0.858. The summed E-state index contributed by atoms with van der Waals surface area (Å²) in [6.07, 6.45) is -0.116. The van der Waals surface area contributed by atoms with Crippen LogP contribution in [0.3, 0.4) is 0 Å². The largest absolute Gasteiger partial charge is 0.432 e. The lowest BCUT2D eigenvalue weighted by atomic mass is 10.0. The van der Waals surface area contributed by atoms with Gasteiger partial charge in [0.15, 0.2) is 11.6 Å². The Kier molecular flexibility index (Phi) is 5.55. The number of aromatic nitrogens is 3. The number of rotatable bonds is 6. The number of fused-ring (bicyclic) bond motifs is 1. The van der Waals surface area contributed by atoms with Crippen LogP contribution in [-0.4, -0.2) is 26.1 Å². The van der Waals surface area contributed by atoms with E-state index in [2.05, 4.69) is 15.3 Å². The first-order chi connectivity index (χ1) is 14.8. The maximum absolute atomic E-state index is 13.0. The zero-order valence-electron chi connectivity index (χ0n) is 15.9. The first-order valence-corrected chi connectivity index (χ1v) is 10.0. The van der Waals surface area contributed by atoms with Crippen molar-refractivity contribution in [1.82, 2.24) is 14.4 Å². The van der Waals surface area contributed by atoms with Gasteiger partial charge in [0.2, 0.25) is 5.91 Å². The van der Waals surface area contributed by atoms with Crippen molar-refractivity contribution >= 4 is 33.7 Å². The molecule has 0 saturated carbocycles. The summed E-state index contributed by atoms with van der Waals surface area (Å²) in [5.41, 5.74) is 1.19. The second-order valence-electron chi connectivity index (χ2n) is 6.77. The Labute approximate surface area is 178 Å². The van der Waals surface area contributed by atoms with Crippen molar-refractivity contribution in [2.24, 2.45) is 0 Å². The fourth-order valence-corrected chi connectivity index (χ4v) is 3.98. The minimum Gasteiger partial charge on any atom is -0.308 e. The van der Waals surface area contributed by atoms with E-state index < -0.39 is 17.8 Å². The molecule has 0 aliphatic heterocycles. The van der Waals surface area contributed by atoms with Crippen LogP contribution in [0.25, 0.3) is 4.83 Å². The first-order valence-electron chi connectivity index (χ1n) is 9.14. The highest BCUT2D eigenvalue weighted by molar-refractivity contribution is 7.16. The maximum atomic E-state index is 13.0. The molecule has 0 radical (unpaired) electrons. The standard InChI is InChI=1S/C21H15F3N4O2S/c22-21(23,24)17-11-31-20-19(26-12-28(17)20)27-18(30)9-14-5-3-13(4-6-14)8-16(29)15-2-1-7-25-10-15/h1-7,10-12H,8-9H2,(H,27,30). The maximum Gasteiger partial charge on any atom is 0.432 e. The van der Waals surface area contributed by atoms with Crippen LogP contribution in [0.15, 0.2) is 60.5 Å². The van der Waals surface area contributed by atoms with Crippen LogP contribution in [0.2, 0.25) is 0 Å². The van der Waals surface area contributed by atoms with Crippen molar-refractivity contribution in [1.29, 1.82) is 0 Å². The molecule has 4 rings (SSSR count). The highest BCUT2D eigenvalue weighted by Crippen LogP contribution is 2.34. The van der Waals surface area contributed by atoms with E-state index in [1.807, 2.05) is 0 Å². The second-order valence-corrected chi connectivity index (χ2v) is 7.63. The number of halogens is 3. The van der Waals surface area contributed by atoms with Crippen molar-refractivity contribution < 1.29 is 22.8 Å². The Morgan fingerprint density at radius 3 is 2.42 bits per heavy atom. The summed E-state index contributed by atoms with van der Waals surface area (Å²) in [5.74, 6) is -0.373. The number of benzene rings is 1. The summed E-state index contributed by atoms with van der Waals surface area (Å²) in [6, 6.07) is 10.4. The van der Waals surface area contributed by atoms with E-state index in [1.165, 1.54) is 6.20 Å². The molecule has 3 aromatic heterocycles. The Balaban J connectivity index is 1.39. The number of ketones is 1. The van der Waals surface area contributed by atoms with E-state index in [9.17, 15) is 22.8 Å².